The summed E-state index contributed by atoms with van der Waals surface area (Å²) in [6, 6.07) is 9.76. The van der Waals surface area contributed by atoms with Gasteiger partial charge in [-0.25, -0.2) is 9.97 Å². The third-order valence-electron chi connectivity index (χ3n) is 6.84. The first-order valence-corrected chi connectivity index (χ1v) is 12.0. The molecule has 1 atom stereocenters. The van der Waals surface area contributed by atoms with Gasteiger partial charge in [0.2, 0.25) is 5.91 Å². The Morgan fingerprint density at radius 1 is 0.969 bits per heavy atom. The topological polar surface area (TPSA) is 75.2 Å². The minimum atomic E-state index is 0.0664. The summed E-state index contributed by atoms with van der Waals surface area (Å²) in [5.74, 6) is 1.05. The number of likely N-dealkylation sites (tertiary alicyclic amines) is 1. The van der Waals surface area contributed by atoms with Crippen molar-refractivity contribution < 1.29 is 9.59 Å². The van der Waals surface area contributed by atoms with Gasteiger partial charge in [-0.3, -0.25) is 9.59 Å². The summed E-state index contributed by atoms with van der Waals surface area (Å²) >= 11 is 0. The lowest BCUT2D eigenvalue weighted by Crippen LogP contribution is -2.39. The number of benzene rings is 1. The van der Waals surface area contributed by atoms with Gasteiger partial charge in [0.15, 0.2) is 0 Å². The van der Waals surface area contributed by atoms with Gasteiger partial charge in [-0.05, 0) is 51.7 Å². The highest BCUT2D eigenvalue weighted by Crippen LogP contribution is 2.27. The van der Waals surface area contributed by atoms with Crippen molar-refractivity contribution in [1.29, 1.82) is 0 Å². The number of amides is 2. The van der Waals surface area contributed by atoms with Crippen molar-refractivity contribution in [2.75, 3.05) is 13.1 Å². The number of nitrogens with zero attached hydrogens (tertiary/aromatic N) is 3. The maximum atomic E-state index is 12.9. The molecule has 6 nitrogen and oxygen atoms in total. The van der Waals surface area contributed by atoms with Crippen LogP contribution in [0, 0.1) is 13.8 Å². The van der Waals surface area contributed by atoms with Crippen LogP contribution in [0.2, 0.25) is 0 Å². The summed E-state index contributed by atoms with van der Waals surface area (Å²) in [7, 11) is 0. The molecule has 2 fully saturated rings. The van der Waals surface area contributed by atoms with E-state index in [0.29, 0.717) is 19.0 Å². The van der Waals surface area contributed by atoms with Crippen molar-refractivity contribution in [1.82, 2.24) is 20.2 Å². The standard InChI is InChI=1S/C26H34N4O2/c1-18-23(16-24(31)29-22-13-7-4-8-14-22)19(2)28-25(27-18)21-12-9-15-30(17-21)26(32)20-10-5-3-6-11-20/h3,5-6,10-11,21-22H,4,7-9,12-17H2,1-2H3,(H,29,31). The molecule has 0 bridgehead atoms. The zero-order valence-corrected chi connectivity index (χ0v) is 19.3. The molecule has 32 heavy (non-hydrogen) atoms. The fourth-order valence-electron chi connectivity index (χ4n) is 5.03. The van der Waals surface area contributed by atoms with Gasteiger partial charge in [-0.1, -0.05) is 37.5 Å². The molecule has 6 heteroatoms. The third kappa shape index (κ3) is 5.34. The van der Waals surface area contributed by atoms with E-state index in [1.54, 1.807) is 0 Å². The number of aryl methyl sites for hydroxylation is 2. The Morgan fingerprint density at radius 3 is 2.34 bits per heavy atom. The van der Waals surface area contributed by atoms with Crippen LogP contribution in [0.25, 0.3) is 0 Å². The first-order valence-electron chi connectivity index (χ1n) is 12.0. The Bertz CT molecular complexity index is 931. The molecule has 2 heterocycles. The van der Waals surface area contributed by atoms with Crippen molar-refractivity contribution in [3.63, 3.8) is 0 Å². The number of aromatic nitrogens is 2. The van der Waals surface area contributed by atoms with E-state index in [9.17, 15) is 9.59 Å². The molecular formula is C26H34N4O2. The summed E-state index contributed by atoms with van der Waals surface area (Å²) in [6.45, 7) is 5.34. The quantitative estimate of drug-likeness (QED) is 0.769. The van der Waals surface area contributed by atoms with Gasteiger partial charge in [0.05, 0.1) is 6.42 Å². The highest BCUT2D eigenvalue weighted by molar-refractivity contribution is 5.94. The number of carbonyl (C=O) groups is 2. The molecule has 1 aliphatic heterocycles. The van der Waals surface area contributed by atoms with Crippen LogP contribution in [-0.4, -0.2) is 45.8 Å². The van der Waals surface area contributed by atoms with Gasteiger partial charge in [0.25, 0.3) is 5.91 Å². The van der Waals surface area contributed by atoms with E-state index in [2.05, 4.69) is 5.32 Å². The normalized spacial score (nSPS) is 19.6. The molecule has 1 unspecified atom stereocenters. The lowest BCUT2D eigenvalue weighted by atomic mass is 9.95. The first-order chi connectivity index (χ1) is 15.5. The number of hydrogen-bond acceptors (Lipinski definition) is 4. The Kier molecular flexibility index (Phi) is 7.18. The van der Waals surface area contributed by atoms with Crippen LogP contribution < -0.4 is 5.32 Å². The highest BCUT2D eigenvalue weighted by Gasteiger charge is 2.28. The van der Waals surface area contributed by atoms with Crippen LogP contribution in [-0.2, 0) is 11.2 Å². The maximum absolute atomic E-state index is 12.9. The molecule has 0 radical (unpaired) electrons. The monoisotopic (exact) mass is 434 g/mol. The molecular weight excluding hydrogens is 400 g/mol. The van der Waals surface area contributed by atoms with Crippen LogP contribution in [0.4, 0.5) is 0 Å². The largest absolute Gasteiger partial charge is 0.353 e. The average Bonchev–Trinajstić information content (AvgIpc) is 2.82. The van der Waals surface area contributed by atoms with Gasteiger partial charge >= 0.3 is 0 Å². The number of hydrogen-bond donors (Lipinski definition) is 1. The van der Waals surface area contributed by atoms with Gasteiger partial charge in [0, 0.05) is 47.6 Å². The number of piperidine rings is 1. The predicted octanol–water partition coefficient (Wildman–Crippen LogP) is 4.10. The fraction of sp³-hybridized carbons (Fsp3) is 0.538. The van der Waals surface area contributed by atoms with Crippen LogP contribution in [0.1, 0.15) is 84.0 Å². The van der Waals surface area contributed by atoms with Crippen molar-refractivity contribution in [2.45, 2.75) is 77.2 Å². The molecule has 2 amide bonds. The lowest BCUT2D eigenvalue weighted by molar-refractivity contribution is -0.121. The second kappa shape index (κ2) is 10.2. The van der Waals surface area contributed by atoms with Crippen molar-refractivity contribution in [2.24, 2.45) is 0 Å². The summed E-state index contributed by atoms with van der Waals surface area (Å²) < 4.78 is 0. The average molecular weight is 435 g/mol. The van der Waals surface area contributed by atoms with Crippen LogP contribution in [0.5, 0.6) is 0 Å². The molecule has 4 rings (SSSR count). The van der Waals surface area contributed by atoms with E-state index in [4.69, 9.17) is 9.97 Å². The number of rotatable bonds is 5. The zero-order chi connectivity index (χ0) is 22.5. The molecule has 1 saturated heterocycles. The van der Waals surface area contributed by atoms with E-state index >= 15 is 0 Å². The fourth-order valence-corrected chi connectivity index (χ4v) is 5.03. The second-order valence-corrected chi connectivity index (χ2v) is 9.27. The smallest absolute Gasteiger partial charge is 0.253 e. The van der Waals surface area contributed by atoms with Crippen LogP contribution in [0.15, 0.2) is 30.3 Å². The molecule has 1 saturated carbocycles. The summed E-state index contributed by atoms with van der Waals surface area (Å²) in [6.07, 6.45) is 8.08. The minimum absolute atomic E-state index is 0.0664. The SMILES string of the molecule is Cc1nc(C2CCCN(C(=O)c3ccccc3)C2)nc(C)c1CC(=O)NC1CCCCC1. The van der Waals surface area contributed by atoms with Crippen LogP contribution in [0.3, 0.4) is 0 Å². The Labute approximate surface area is 190 Å². The van der Waals surface area contributed by atoms with E-state index in [1.165, 1.54) is 19.3 Å². The molecule has 0 spiro atoms. The lowest BCUT2D eigenvalue weighted by Gasteiger charge is -2.32. The van der Waals surface area contributed by atoms with Gasteiger partial charge in [-0.15, -0.1) is 0 Å². The van der Waals surface area contributed by atoms with Crippen molar-refractivity contribution >= 4 is 11.8 Å². The molecule has 1 aromatic carbocycles. The van der Waals surface area contributed by atoms with E-state index in [1.807, 2.05) is 49.1 Å². The van der Waals surface area contributed by atoms with Crippen molar-refractivity contribution in [3.8, 4) is 0 Å². The summed E-state index contributed by atoms with van der Waals surface area (Å²) in [5, 5.41) is 3.19. The van der Waals surface area contributed by atoms with Gasteiger partial charge in [-0.2, -0.15) is 0 Å². The molecule has 2 aliphatic rings. The molecule has 1 aromatic heterocycles. The molecule has 1 aliphatic carbocycles. The number of nitrogens with one attached hydrogen (secondary N) is 1. The molecule has 2 aromatic rings. The Morgan fingerprint density at radius 2 is 1.66 bits per heavy atom. The van der Waals surface area contributed by atoms with Gasteiger partial charge in [0.1, 0.15) is 5.82 Å². The second-order valence-electron chi connectivity index (χ2n) is 9.27. The zero-order valence-electron chi connectivity index (χ0n) is 19.3. The highest BCUT2D eigenvalue weighted by atomic mass is 16.2. The predicted molar refractivity (Wildman–Crippen MR) is 125 cm³/mol. The Hall–Kier alpha value is -2.76. The number of carbonyl (C=O) groups excluding carboxylic acids is 2. The first kappa shape index (κ1) is 22.4. The van der Waals surface area contributed by atoms with E-state index < -0.39 is 0 Å². The van der Waals surface area contributed by atoms with E-state index in [0.717, 1.165) is 60.6 Å². The minimum Gasteiger partial charge on any atom is -0.353 e. The molecule has 1 N–H and O–H groups in total. The molecule has 170 valence electrons. The van der Waals surface area contributed by atoms with Crippen LogP contribution >= 0.6 is 0 Å². The summed E-state index contributed by atoms with van der Waals surface area (Å²) in [5.41, 5.74) is 3.39. The Balaban J connectivity index is 1.42. The third-order valence-corrected chi connectivity index (χ3v) is 6.84. The van der Waals surface area contributed by atoms with E-state index in [-0.39, 0.29) is 17.7 Å². The summed E-state index contributed by atoms with van der Waals surface area (Å²) in [4.78, 5) is 37.0. The maximum Gasteiger partial charge on any atom is 0.253 e. The van der Waals surface area contributed by atoms with Gasteiger partial charge < -0.3 is 10.2 Å². The van der Waals surface area contributed by atoms with Crippen molar-refractivity contribution in [3.05, 3.63) is 58.7 Å².